The molecule has 30 heavy (non-hydrogen) atoms. The minimum Gasteiger partial charge on any atom is -0.528 e. The summed E-state index contributed by atoms with van der Waals surface area (Å²) >= 11 is 0. The van der Waals surface area contributed by atoms with Gasteiger partial charge in [-0.3, -0.25) is 10.1 Å². The number of H-pyrrole nitrogens is 1. The van der Waals surface area contributed by atoms with Crippen molar-refractivity contribution >= 4 is 40.3 Å². The zero-order valence-corrected chi connectivity index (χ0v) is 16.7. The van der Waals surface area contributed by atoms with Crippen LogP contribution < -0.4 is 26.8 Å². The topological polar surface area (TPSA) is 196 Å². The van der Waals surface area contributed by atoms with Gasteiger partial charge in [0.05, 0.1) is 13.3 Å². The van der Waals surface area contributed by atoms with E-state index in [2.05, 4.69) is 40.5 Å². The van der Waals surface area contributed by atoms with Crippen LogP contribution in [0.5, 0.6) is 0 Å². The summed E-state index contributed by atoms with van der Waals surface area (Å²) in [6.07, 6.45) is -1.43. The van der Waals surface area contributed by atoms with Crippen LogP contribution in [-0.2, 0) is 20.5 Å². The molecule has 6 N–H and O–H groups in total. The van der Waals surface area contributed by atoms with Crippen LogP contribution in [0, 0.1) is 6.92 Å². The smallest absolute Gasteiger partial charge is 0.408 e. The van der Waals surface area contributed by atoms with E-state index in [0.717, 1.165) is 0 Å². The Balaban J connectivity index is 2.48. The fourth-order valence-corrected chi connectivity index (χ4v) is 2.03. The molecule has 0 radical (unpaired) electrons. The first-order valence-corrected chi connectivity index (χ1v) is 8.56. The van der Waals surface area contributed by atoms with Crippen LogP contribution in [0.1, 0.15) is 11.3 Å². The number of urea groups is 1. The summed E-state index contributed by atoms with van der Waals surface area (Å²) in [5.74, 6) is -0.100. The maximum absolute atomic E-state index is 12.2. The largest absolute Gasteiger partial charge is 0.528 e. The van der Waals surface area contributed by atoms with Crippen LogP contribution in [0.3, 0.4) is 0 Å². The molecule has 0 bridgehead atoms. The van der Waals surface area contributed by atoms with Gasteiger partial charge in [-0.05, 0) is 6.92 Å². The molecule has 164 valence electrons. The van der Waals surface area contributed by atoms with Crippen LogP contribution >= 0.6 is 0 Å². The number of alkyl carbamates (subject to hydrolysis) is 1. The molecule has 0 aliphatic rings. The highest BCUT2D eigenvalue weighted by Crippen LogP contribution is 2.04. The number of hydrogen-bond donors (Lipinski definition) is 6. The van der Waals surface area contributed by atoms with Gasteiger partial charge in [0.2, 0.25) is 5.95 Å². The van der Waals surface area contributed by atoms with Crippen molar-refractivity contribution in [3.05, 3.63) is 21.6 Å². The second-order valence-corrected chi connectivity index (χ2v) is 5.62. The van der Waals surface area contributed by atoms with E-state index in [4.69, 9.17) is 4.74 Å². The third-order valence-corrected chi connectivity index (χ3v) is 3.40. The van der Waals surface area contributed by atoms with Crippen molar-refractivity contribution in [3.63, 3.8) is 0 Å². The highest BCUT2D eigenvalue weighted by molar-refractivity contribution is 6.05. The van der Waals surface area contributed by atoms with Gasteiger partial charge in [0, 0.05) is 17.7 Å². The monoisotopic (exact) mass is 427 g/mol. The van der Waals surface area contributed by atoms with Gasteiger partial charge in [0.1, 0.15) is 13.4 Å². The second kappa shape index (κ2) is 13.0. The lowest BCUT2D eigenvalue weighted by atomic mass is 10.2. The molecule has 1 heterocycles. The van der Waals surface area contributed by atoms with E-state index >= 15 is 0 Å². The first kappa shape index (κ1) is 24.7. The number of anilines is 1. The van der Waals surface area contributed by atoms with E-state index in [0.29, 0.717) is 10.8 Å². The standard InChI is InChI=1S/C13H23B2N7O8/c1-7-8(2-3-28-12(25)18-5-22(27)6-29-14)9(23)20-10(19-7)21-11(24)16-4-17-13(26)30-15/h27H,2-6,14-15H2,1H3,(H,17,26)(H,18,25)(H3,16,19,20,21,23,24). The van der Waals surface area contributed by atoms with Crippen LogP contribution in [0.15, 0.2) is 4.79 Å². The number of ether oxygens (including phenoxy) is 1. The Hall–Kier alpha value is -3.30. The lowest BCUT2D eigenvalue weighted by Gasteiger charge is -2.14. The highest BCUT2D eigenvalue weighted by Gasteiger charge is 2.12. The fourth-order valence-electron chi connectivity index (χ4n) is 2.03. The molecule has 0 aromatic carbocycles. The SMILES string of the molecule is BOCN(O)CNC(=O)OCCc1c(C)[nH]c(NC(=O)NCNC(=O)OB)nc1=O. The lowest BCUT2D eigenvalue weighted by molar-refractivity contribution is -0.136. The number of aryl methyl sites for hydroxylation is 1. The summed E-state index contributed by atoms with van der Waals surface area (Å²) in [5, 5.41) is 19.1. The van der Waals surface area contributed by atoms with Crippen LogP contribution in [0.2, 0.25) is 0 Å². The number of hydrogen-bond acceptors (Lipinski definition) is 10. The van der Waals surface area contributed by atoms with Gasteiger partial charge in [-0.25, -0.2) is 14.4 Å². The number of carbonyl (C=O) groups excluding carboxylic acids is 3. The van der Waals surface area contributed by atoms with Crippen molar-refractivity contribution in [1.29, 1.82) is 0 Å². The number of amides is 4. The molecule has 1 aromatic heterocycles. The van der Waals surface area contributed by atoms with Crippen LogP contribution in [-0.4, -0.2) is 81.2 Å². The molecule has 15 nitrogen and oxygen atoms in total. The molecule has 0 fully saturated rings. The third kappa shape index (κ3) is 9.26. The number of aromatic amines is 1. The number of hydroxylamine groups is 2. The van der Waals surface area contributed by atoms with Crippen molar-refractivity contribution in [2.24, 2.45) is 0 Å². The summed E-state index contributed by atoms with van der Waals surface area (Å²) in [6.45, 7) is 0.985. The van der Waals surface area contributed by atoms with Gasteiger partial charge in [0.15, 0.2) is 0 Å². The minimum absolute atomic E-state index is 0.0814. The Bertz CT molecular complexity index is 793. The zero-order valence-electron chi connectivity index (χ0n) is 16.7. The van der Waals surface area contributed by atoms with E-state index in [-0.39, 0.29) is 44.6 Å². The molecule has 1 rings (SSSR count). The molecule has 1 aromatic rings. The molecular formula is C13H23B2N7O8. The minimum atomic E-state index is -0.789. The molecule has 17 heteroatoms. The summed E-state index contributed by atoms with van der Waals surface area (Å²) in [6, 6.07) is -0.715. The summed E-state index contributed by atoms with van der Waals surface area (Å²) < 4.78 is 13.9. The van der Waals surface area contributed by atoms with Gasteiger partial charge in [-0.2, -0.15) is 4.98 Å². The zero-order chi connectivity index (χ0) is 22.5. The van der Waals surface area contributed by atoms with Gasteiger partial charge in [-0.1, -0.05) is 0 Å². The number of nitrogens with zero attached hydrogens (tertiary/aromatic N) is 2. The summed E-state index contributed by atoms with van der Waals surface area (Å²) in [5.41, 5.74) is 0.0766. The van der Waals surface area contributed by atoms with Crippen molar-refractivity contribution in [2.45, 2.75) is 13.3 Å². The predicted molar refractivity (Wildman–Crippen MR) is 106 cm³/mol. The predicted octanol–water partition coefficient (Wildman–Crippen LogP) is -3.13. The van der Waals surface area contributed by atoms with Gasteiger partial charge in [-0.15, -0.1) is 5.06 Å². The number of aromatic nitrogens is 2. The molecule has 0 aliphatic heterocycles. The van der Waals surface area contributed by atoms with E-state index in [1.807, 2.05) is 0 Å². The van der Waals surface area contributed by atoms with Gasteiger partial charge < -0.3 is 40.2 Å². The Kier molecular flexibility index (Phi) is 10.7. The average molecular weight is 427 g/mol. The first-order valence-electron chi connectivity index (χ1n) is 8.56. The van der Waals surface area contributed by atoms with Gasteiger partial charge >= 0.3 is 26.3 Å². The third-order valence-electron chi connectivity index (χ3n) is 3.40. The highest BCUT2D eigenvalue weighted by atomic mass is 16.6. The fraction of sp³-hybridized carbons (Fsp3) is 0.462. The Morgan fingerprint density at radius 3 is 2.57 bits per heavy atom. The van der Waals surface area contributed by atoms with E-state index in [1.54, 1.807) is 6.92 Å². The molecule has 0 spiro atoms. The Morgan fingerprint density at radius 2 is 1.93 bits per heavy atom. The Morgan fingerprint density at radius 1 is 1.20 bits per heavy atom. The number of rotatable bonds is 10. The number of carbonyl (C=O) groups is 3. The van der Waals surface area contributed by atoms with Crippen LogP contribution in [0.4, 0.5) is 20.3 Å². The summed E-state index contributed by atoms with van der Waals surface area (Å²) in [7, 11) is 2.56. The Labute approximate surface area is 172 Å². The van der Waals surface area contributed by atoms with Gasteiger partial charge in [0.25, 0.3) is 13.6 Å². The van der Waals surface area contributed by atoms with E-state index in [1.165, 1.54) is 16.1 Å². The quantitative estimate of drug-likeness (QED) is 0.126. The van der Waals surface area contributed by atoms with Crippen molar-refractivity contribution in [2.75, 3.05) is 32.0 Å². The molecular weight excluding hydrogens is 404 g/mol. The molecule has 0 saturated carbocycles. The maximum Gasteiger partial charge on any atom is 0.408 e. The van der Waals surface area contributed by atoms with Crippen molar-refractivity contribution in [1.82, 2.24) is 31.0 Å². The lowest BCUT2D eigenvalue weighted by Crippen LogP contribution is -2.40. The maximum atomic E-state index is 12.2. The summed E-state index contributed by atoms with van der Waals surface area (Å²) in [4.78, 5) is 52.7. The van der Waals surface area contributed by atoms with Crippen LogP contribution in [0.25, 0.3) is 0 Å². The van der Waals surface area contributed by atoms with E-state index in [9.17, 15) is 24.4 Å². The molecule has 0 unspecified atom stereocenters. The first-order chi connectivity index (χ1) is 14.3. The van der Waals surface area contributed by atoms with E-state index < -0.39 is 23.8 Å². The normalized spacial score (nSPS) is 10.2. The number of nitrogens with one attached hydrogen (secondary N) is 5. The average Bonchev–Trinajstić information content (AvgIpc) is 2.68. The molecule has 0 atom stereocenters. The van der Waals surface area contributed by atoms with Crippen molar-refractivity contribution in [3.8, 4) is 0 Å². The molecule has 0 aliphatic carbocycles. The molecule has 0 saturated heterocycles. The molecule has 4 amide bonds. The van der Waals surface area contributed by atoms with Crippen molar-refractivity contribution < 1.29 is 33.6 Å². The second-order valence-electron chi connectivity index (χ2n) is 5.62.